The average molecular weight is 210 g/mol. The minimum Gasteiger partial charge on any atom is -0.512 e. The Balaban J connectivity index is -0.00000000933. The molecule has 0 aromatic heterocycles. The molecule has 0 aliphatic rings. The van der Waals surface area contributed by atoms with E-state index in [9.17, 15) is 0 Å². The summed E-state index contributed by atoms with van der Waals surface area (Å²) < 4.78 is 0. The first-order valence-corrected chi connectivity index (χ1v) is 1.29. The molecule has 0 bridgehead atoms. The van der Waals surface area contributed by atoms with E-state index in [4.69, 9.17) is 58.4 Å². The van der Waals surface area contributed by atoms with Gasteiger partial charge in [0.05, 0.1) is 0 Å². The fourth-order valence-electron chi connectivity index (χ4n) is 0. The molecule has 12 heavy (non-hydrogen) atoms. The third kappa shape index (κ3) is 73.5. The smallest absolute Gasteiger partial charge is 0.512 e. The van der Waals surface area contributed by atoms with Crippen molar-refractivity contribution in [3.63, 3.8) is 0 Å². The molecule has 0 aromatic rings. The van der Waals surface area contributed by atoms with Crippen molar-refractivity contribution in [3.05, 3.63) is 42.3 Å². The second-order valence-electron chi connectivity index (χ2n) is 0.0894. The summed E-state index contributed by atoms with van der Waals surface area (Å²) in [5, 5.41) is 25.0. The second-order valence-corrected chi connectivity index (χ2v) is 0.0894. The third-order valence-electron chi connectivity index (χ3n) is 0. The van der Waals surface area contributed by atoms with Gasteiger partial charge in [0.2, 0.25) is 0 Å². The van der Waals surface area contributed by atoms with Crippen LogP contribution in [-0.2, 0) is 17.1 Å². The van der Waals surface area contributed by atoms with E-state index in [2.05, 4.69) is 0 Å². The predicted octanol–water partition coefficient (Wildman–Crippen LogP) is 1.25. The minimum atomic E-state index is 0. The summed E-state index contributed by atoms with van der Waals surface area (Å²) in [4.78, 5) is 1.50. The zero-order chi connectivity index (χ0) is 10.7. The van der Waals surface area contributed by atoms with E-state index < -0.39 is 0 Å². The molecule has 0 aromatic carbocycles. The van der Waals surface area contributed by atoms with Crippen LogP contribution in [0.25, 0.3) is 16.0 Å². The van der Waals surface area contributed by atoms with E-state index in [1.165, 1.54) is 4.91 Å². The van der Waals surface area contributed by atoms with Crippen molar-refractivity contribution in [2.45, 2.75) is 0 Å². The van der Waals surface area contributed by atoms with Crippen molar-refractivity contribution in [1.29, 1.82) is 21.0 Å². The molecular weight excluding hydrogens is 210 g/mol. The third-order valence-corrected chi connectivity index (χ3v) is 0. The van der Waals surface area contributed by atoms with E-state index >= 15 is 0 Å². The molecule has 8 heteroatoms. The fourth-order valence-corrected chi connectivity index (χ4v) is 0. The van der Waals surface area contributed by atoms with Gasteiger partial charge in [-0.1, -0.05) is 0 Å². The molecule has 0 saturated carbocycles. The Kier molecular flexibility index (Phi) is 1600. The topological polar surface area (TPSA) is 154 Å². The molecule has 0 heterocycles. The van der Waals surface area contributed by atoms with Crippen LogP contribution in [0.15, 0.2) is 0 Å². The molecule has 0 unspecified atom stereocenters. The van der Waals surface area contributed by atoms with Gasteiger partial charge in [0.1, 0.15) is 0 Å². The Morgan fingerprint density at radius 1 is 0.667 bits per heavy atom. The maximum absolute atomic E-state index is 6.75. The maximum Gasteiger partial charge on any atom is 1.00 e. The molecule has 66 valence electrons. The normalized spacial score (nSPS) is 1.33. The summed E-state index contributed by atoms with van der Waals surface area (Å²) in [5.41, 5.74) is 13.5. The molecule has 0 aliphatic carbocycles. The van der Waals surface area contributed by atoms with E-state index in [1.54, 1.807) is 0 Å². The minimum absolute atomic E-state index is 0. The van der Waals surface area contributed by atoms with Crippen molar-refractivity contribution in [3.8, 4) is 0 Å². The molecule has 0 saturated heterocycles. The van der Waals surface area contributed by atoms with Crippen molar-refractivity contribution in [2.75, 3.05) is 0 Å². The van der Waals surface area contributed by atoms with Crippen LogP contribution in [-0.4, -0.2) is 0 Å². The van der Waals surface area contributed by atoms with Gasteiger partial charge in [-0.2, -0.15) is 0 Å². The Bertz CT molecular complexity index is 112. The Hall–Kier alpha value is -2.21. The molecule has 0 N–H and O–H groups in total. The van der Waals surface area contributed by atoms with Crippen molar-refractivity contribution in [2.24, 2.45) is 0 Å². The van der Waals surface area contributed by atoms with Crippen LogP contribution < -0.4 is 0 Å². The monoisotopic (exact) mass is 209 g/mol. The molecule has 0 rings (SSSR count). The largest absolute Gasteiger partial charge is 1.00 e. The summed E-state index contributed by atoms with van der Waals surface area (Å²) in [5.74, 6) is 0. The van der Waals surface area contributed by atoms with Crippen LogP contribution in [0, 0.1) is 47.3 Å². The molecular formula is C4CuN7-4. The van der Waals surface area contributed by atoms with Gasteiger partial charge in [0.15, 0.2) is 0 Å². The van der Waals surface area contributed by atoms with Gasteiger partial charge in [0, 0.05) is 0 Å². The van der Waals surface area contributed by atoms with Crippen LogP contribution >= 0.6 is 0 Å². The molecule has 0 aliphatic heterocycles. The van der Waals surface area contributed by atoms with Gasteiger partial charge in [-0.3, -0.25) is 4.91 Å². The fraction of sp³-hybridized carbons (Fsp3) is 0. The quantitative estimate of drug-likeness (QED) is 0.193. The second kappa shape index (κ2) is 364. The van der Waals surface area contributed by atoms with Gasteiger partial charge in [-0.25, -0.2) is 0 Å². The van der Waals surface area contributed by atoms with Gasteiger partial charge in [0.25, 0.3) is 0 Å². The SMILES string of the molecule is [C-]#N.[C-]#N.[C-]#N.[C-]#N.[Cu+].[N-]=[N+]=[N-]. The van der Waals surface area contributed by atoms with Gasteiger partial charge < -0.3 is 58.4 Å². The zero-order valence-electron chi connectivity index (χ0n) is 5.43. The standard InChI is InChI=1S/4CN.Cu.N3/c4*1-2;;1-3-2/q4*-1;+1;-1. The molecule has 0 atom stereocenters. The Labute approximate surface area is 80.9 Å². The Morgan fingerprint density at radius 3 is 0.667 bits per heavy atom. The average Bonchev–Trinajstić information content (AvgIpc) is 2.18. The van der Waals surface area contributed by atoms with Gasteiger partial charge in [-0.05, 0) is 0 Å². The van der Waals surface area contributed by atoms with Crippen LogP contribution in [0.5, 0.6) is 0 Å². The van der Waals surface area contributed by atoms with E-state index in [0.29, 0.717) is 0 Å². The van der Waals surface area contributed by atoms with Crippen LogP contribution in [0.2, 0.25) is 0 Å². The van der Waals surface area contributed by atoms with Gasteiger partial charge in [-0.15, -0.1) is 0 Å². The molecule has 0 radical (unpaired) electrons. The molecule has 0 amide bonds. The predicted molar refractivity (Wildman–Crippen MR) is 29.9 cm³/mol. The summed E-state index contributed by atoms with van der Waals surface area (Å²) >= 11 is 0. The van der Waals surface area contributed by atoms with Crippen molar-refractivity contribution >= 4 is 0 Å². The zero-order valence-corrected chi connectivity index (χ0v) is 6.37. The van der Waals surface area contributed by atoms with Crippen LogP contribution in [0.1, 0.15) is 0 Å². The number of nitrogens with zero attached hydrogens (tertiary/aromatic N) is 7. The number of hydrogen-bond acceptors (Lipinski definition) is 4. The van der Waals surface area contributed by atoms with E-state index in [-0.39, 0.29) is 17.1 Å². The van der Waals surface area contributed by atoms with E-state index in [1.807, 2.05) is 0 Å². The van der Waals surface area contributed by atoms with Crippen molar-refractivity contribution < 1.29 is 17.1 Å². The summed E-state index contributed by atoms with van der Waals surface area (Å²) in [6.07, 6.45) is 0. The maximum atomic E-state index is 6.75. The molecule has 0 fully saturated rings. The summed E-state index contributed by atoms with van der Waals surface area (Å²) in [6, 6.07) is 0. The first-order valence-electron chi connectivity index (χ1n) is 1.29. The Morgan fingerprint density at radius 2 is 0.667 bits per heavy atom. The summed E-state index contributed by atoms with van der Waals surface area (Å²) in [6.45, 7) is 19.0. The summed E-state index contributed by atoms with van der Waals surface area (Å²) in [7, 11) is 0. The van der Waals surface area contributed by atoms with Gasteiger partial charge >= 0.3 is 17.1 Å². The van der Waals surface area contributed by atoms with Crippen LogP contribution in [0.3, 0.4) is 0 Å². The number of hydrogen-bond donors (Lipinski definition) is 0. The molecule has 0 spiro atoms. The van der Waals surface area contributed by atoms with E-state index in [0.717, 1.165) is 0 Å². The number of rotatable bonds is 0. The first kappa shape index (κ1) is 52.7. The molecule has 7 nitrogen and oxygen atoms in total. The van der Waals surface area contributed by atoms with Crippen LogP contribution in [0.4, 0.5) is 0 Å². The first-order chi connectivity index (χ1) is 5.41. The van der Waals surface area contributed by atoms with Crippen molar-refractivity contribution in [1.82, 2.24) is 0 Å².